The predicted molar refractivity (Wildman–Crippen MR) is 77.4 cm³/mol. The molecule has 0 saturated carbocycles. The number of hydrogen-bond acceptors (Lipinski definition) is 3. The molecule has 0 amide bonds. The third-order valence-corrected chi connectivity index (χ3v) is 3.17. The maximum absolute atomic E-state index is 13.1. The van der Waals surface area contributed by atoms with E-state index in [0.29, 0.717) is 25.1 Å². The molecular formula is C15H19F2N3O. The van der Waals surface area contributed by atoms with E-state index >= 15 is 0 Å². The number of nitrogens with one attached hydrogen (secondary N) is 1. The summed E-state index contributed by atoms with van der Waals surface area (Å²) in [5.41, 5.74) is 0.614. The Balaban J connectivity index is 1.93. The Morgan fingerprint density at radius 3 is 2.67 bits per heavy atom. The third-order valence-electron chi connectivity index (χ3n) is 3.17. The summed E-state index contributed by atoms with van der Waals surface area (Å²) in [5.74, 6) is -0.392. The number of methoxy groups -OCH3 is 1. The van der Waals surface area contributed by atoms with Gasteiger partial charge < -0.3 is 14.6 Å². The molecule has 4 nitrogen and oxygen atoms in total. The van der Waals surface area contributed by atoms with Crippen LogP contribution < -0.4 is 5.32 Å². The van der Waals surface area contributed by atoms with Crippen molar-refractivity contribution in [1.29, 1.82) is 0 Å². The Morgan fingerprint density at radius 2 is 2.00 bits per heavy atom. The smallest absolute Gasteiger partial charge is 0.203 e. The second-order valence-corrected chi connectivity index (χ2v) is 4.92. The SMILES string of the molecule is COCC(C)n1ccnc1NCCc1cc(F)cc(F)c1. The van der Waals surface area contributed by atoms with Crippen LogP contribution in [0.3, 0.4) is 0 Å². The summed E-state index contributed by atoms with van der Waals surface area (Å²) >= 11 is 0. The van der Waals surface area contributed by atoms with Crippen LogP contribution in [0.25, 0.3) is 0 Å². The highest BCUT2D eigenvalue weighted by molar-refractivity contribution is 5.28. The molecule has 114 valence electrons. The fraction of sp³-hybridized carbons (Fsp3) is 0.400. The lowest BCUT2D eigenvalue weighted by Gasteiger charge is -2.16. The number of nitrogens with zero attached hydrogens (tertiary/aromatic N) is 2. The maximum atomic E-state index is 13.1. The molecule has 2 aromatic rings. The van der Waals surface area contributed by atoms with Crippen LogP contribution in [0, 0.1) is 11.6 Å². The summed E-state index contributed by atoms with van der Waals surface area (Å²) in [7, 11) is 1.65. The average Bonchev–Trinajstić information content (AvgIpc) is 2.86. The molecule has 1 atom stereocenters. The molecule has 2 rings (SSSR count). The fourth-order valence-electron chi connectivity index (χ4n) is 2.20. The summed E-state index contributed by atoms with van der Waals surface area (Å²) < 4.78 is 33.3. The Hall–Kier alpha value is -1.95. The zero-order chi connectivity index (χ0) is 15.2. The molecule has 0 aliphatic heterocycles. The number of anilines is 1. The molecule has 0 saturated heterocycles. The standard InChI is InChI=1S/C15H19F2N3O/c1-11(10-21-2)20-6-5-19-15(20)18-4-3-12-7-13(16)9-14(17)8-12/h5-9,11H,3-4,10H2,1-2H3,(H,18,19). The van der Waals surface area contributed by atoms with E-state index in [0.717, 1.165) is 12.0 Å². The molecule has 0 spiro atoms. The van der Waals surface area contributed by atoms with E-state index in [9.17, 15) is 8.78 Å². The largest absolute Gasteiger partial charge is 0.383 e. The van der Waals surface area contributed by atoms with Crippen molar-refractivity contribution in [3.8, 4) is 0 Å². The molecule has 1 unspecified atom stereocenters. The number of rotatable bonds is 7. The van der Waals surface area contributed by atoms with Gasteiger partial charge in [-0.2, -0.15) is 0 Å². The zero-order valence-electron chi connectivity index (χ0n) is 12.1. The minimum Gasteiger partial charge on any atom is -0.383 e. The number of imidazole rings is 1. The van der Waals surface area contributed by atoms with Crippen molar-refractivity contribution < 1.29 is 13.5 Å². The monoisotopic (exact) mass is 295 g/mol. The fourth-order valence-corrected chi connectivity index (χ4v) is 2.20. The van der Waals surface area contributed by atoms with Gasteiger partial charge >= 0.3 is 0 Å². The van der Waals surface area contributed by atoms with Crippen LogP contribution in [0.2, 0.25) is 0 Å². The molecule has 0 radical (unpaired) electrons. The first-order valence-corrected chi connectivity index (χ1v) is 6.80. The Labute approximate surface area is 122 Å². The van der Waals surface area contributed by atoms with Crippen molar-refractivity contribution in [2.75, 3.05) is 25.6 Å². The summed E-state index contributed by atoms with van der Waals surface area (Å²) in [6, 6.07) is 3.71. The van der Waals surface area contributed by atoms with E-state index in [1.54, 1.807) is 13.3 Å². The molecule has 1 aromatic heterocycles. The molecule has 1 aromatic carbocycles. The Morgan fingerprint density at radius 1 is 1.29 bits per heavy atom. The normalized spacial score (nSPS) is 12.4. The quantitative estimate of drug-likeness (QED) is 0.853. The van der Waals surface area contributed by atoms with Crippen molar-refractivity contribution in [2.24, 2.45) is 0 Å². The van der Waals surface area contributed by atoms with Crippen molar-refractivity contribution in [3.63, 3.8) is 0 Å². The van der Waals surface area contributed by atoms with Crippen molar-refractivity contribution in [3.05, 3.63) is 47.8 Å². The van der Waals surface area contributed by atoms with Crippen molar-refractivity contribution in [2.45, 2.75) is 19.4 Å². The Kier molecular flexibility index (Phi) is 5.27. The van der Waals surface area contributed by atoms with E-state index in [1.807, 2.05) is 17.7 Å². The first kappa shape index (κ1) is 15.4. The number of ether oxygens (including phenoxy) is 1. The van der Waals surface area contributed by atoms with Gasteiger partial charge in [0.25, 0.3) is 0 Å². The van der Waals surface area contributed by atoms with Crippen LogP contribution in [-0.4, -0.2) is 29.8 Å². The summed E-state index contributed by atoms with van der Waals surface area (Å²) in [6.07, 6.45) is 4.09. The predicted octanol–water partition coefficient (Wildman–Crippen LogP) is 3.02. The average molecular weight is 295 g/mol. The van der Waals surface area contributed by atoms with Crippen LogP contribution in [0.15, 0.2) is 30.6 Å². The summed E-state index contributed by atoms with van der Waals surface area (Å²) in [6.45, 7) is 3.15. The molecule has 1 heterocycles. The highest BCUT2D eigenvalue weighted by Gasteiger charge is 2.09. The van der Waals surface area contributed by atoms with E-state index in [4.69, 9.17) is 4.74 Å². The molecular weight excluding hydrogens is 276 g/mol. The van der Waals surface area contributed by atoms with E-state index < -0.39 is 11.6 Å². The van der Waals surface area contributed by atoms with Crippen LogP contribution in [-0.2, 0) is 11.2 Å². The van der Waals surface area contributed by atoms with Gasteiger partial charge in [-0.25, -0.2) is 13.8 Å². The highest BCUT2D eigenvalue weighted by Crippen LogP contribution is 2.14. The molecule has 0 aliphatic carbocycles. The van der Waals surface area contributed by atoms with Gasteiger partial charge in [-0.1, -0.05) is 0 Å². The lowest BCUT2D eigenvalue weighted by Crippen LogP contribution is -2.16. The molecule has 0 aliphatic rings. The van der Waals surface area contributed by atoms with Gasteiger partial charge in [0.1, 0.15) is 11.6 Å². The molecule has 21 heavy (non-hydrogen) atoms. The Bertz CT molecular complexity index is 566. The molecule has 0 fully saturated rings. The second kappa shape index (κ2) is 7.17. The maximum Gasteiger partial charge on any atom is 0.203 e. The van der Waals surface area contributed by atoms with Crippen molar-refractivity contribution >= 4 is 5.95 Å². The number of hydrogen-bond donors (Lipinski definition) is 1. The van der Waals surface area contributed by atoms with Gasteiger partial charge in [0.05, 0.1) is 12.6 Å². The molecule has 0 bridgehead atoms. The number of aromatic nitrogens is 2. The van der Waals surface area contributed by atoms with E-state index in [2.05, 4.69) is 10.3 Å². The zero-order valence-corrected chi connectivity index (χ0v) is 12.1. The van der Waals surface area contributed by atoms with Gasteiger partial charge in [0.15, 0.2) is 0 Å². The minimum absolute atomic E-state index is 0.159. The number of benzene rings is 1. The van der Waals surface area contributed by atoms with Crippen molar-refractivity contribution in [1.82, 2.24) is 9.55 Å². The van der Waals surface area contributed by atoms with Gasteiger partial charge in [-0.05, 0) is 31.0 Å². The van der Waals surface area contributed by atoms with Gasteiger partial charge in [0.2, 0.25) is 5.95 Å². The topological polar surface area (TPSA) is 39.1 Å². The lowest BCUT2D eigenvalue weighted by molar-refractivity contribution is 0.163. The molecule has 1 N–H and O–H groups in total. The van der Waals surface area contributed by atoms with Crippen LogP contribution in [0.5, 0.6) is 0 Å². The molecule has 6 heteroatoms. The van der Waals surface area contributed by atoms with Crippen LogP contribution >= 0.6 is 0 Å². The third kappa shape index (κ3) is 4.26. The van der Waals surface area contributed by atoms with Gasteiger partial charge in [-0.3, -0.25) is 0 Å². The van der Waals surface area contributed by atoms with Crippen LogP contribution in [0.4, 0.5) is 14.7 Å². The van der Waals surface area contributed by atoms with Gasteiger partial charge in [-0.15, -0.1) is 0 Å². The highest BCUT2D eigenvalue weighted by atomic mass is 19.1. The number of halogens is 2. The van der Waals surface area contributed by atoms with E-state index in [1.165, 1.54) is 12.1 Å². The second-order valence-electron chi connectivity index (χ2n) is 4.92. The first-order chi connectivity index (χ1) is 10.1. The van der Waals surface area contributed by atoms with Crippen LogP contribution in [0.1, 0.15) is 18.5 Å². The summed E-state index contributed by atoms with van der Waals surface area (Å²) in [5, 5.41) is 3.17. The lowest BCUT2D eigenvalue weighted by atomic mass is 10.1. The summed E-state index contributed by atoms with van der Waals surface area (Å²) in [4.78, 5) is 4.23. The minimum atomic E-state index is -0.555. The first-order valence-electron chi connectivity index (χ1n) is 6.80. The van der Waals surface area contributed by atoms with E-state index in [-0.39, 0.29) is 6.04 Å². The van der Waals surface area contributed by atoms with Gasteiger partial charge in [0, 0.05) is 32.1 Å².